The summed E-state index contributed by atoms with van der Waals surface area (Å²) in [4.78, 5) is 32.6. The van der Waals surface area contributed by atoms with Crippen molar-refractivity contribution >= 4 is 11.7 Å². The number of carbonyl (C=O) groups is 1. The van der Waals surface area contributed by atoms with Crippen LogP contribution in [-0.2, 0) is 6.42 Å². The molecule has 154 valence electrons. The molecule has 2 aromatic carbocycles. The van der Waals surface area contributed by atoms with Crippen LogP contribution >= 0.6 is 0 Å². The van der Waals surface area contributed by atoms with Gasteiger partial charge in [0.1, 0.15) is 0 Å². The normalized spacial score (nSPS) is 13.1. The first-order chi connectivity index (χ1) is 14.5. The van der Waals surface area contributed by atoms with Gasteiger partial charge in [0.05, 0.1) is 11.4 Å². The lowest BCUT2D eigenvalue weighted by Gasteiger charge is -2.22. The van der Waals surface area contributed by atoms with Crippen molar-refractivity contribution in [2.75, 3.05) is 23.9 Å². The SMILES string of the molecule is Cc1nc(N(C)CCc2ccccc2)c(=O)n(NC(=O)c2ccccc2)c1C1CC1. The Bertz CT molecular complexity index is 1090. The number of hydrogen-bond donors (Lipinski definition) is 1. The van der Waals surface area contributed by atoms with Crippen LogP contribution in [0.15, 0.2) is 65.5 Å². The van der Waals surface area contributed by atoms with Gasteiger partial charge in [-0.2, -0.15) is 0 Å². The summed E-state index contributed by atoms with van der Waals surface area (Å²) in [7, 11) is 1.87. The fourth-order valence-electron chi connectivity index (χ4n) is 3.63. The van der Waals surface area contributed by atoms with E-state index in [2.05, 4.69) is 22.5 Å². The second kappa shape index (κ2) is 8.53. The molecule has 6 heteroatoms. The van der Waals surface area contributed by atoms with E-state index in [9.17, 15) is 9.59 Å². The number of aryl methyl sites for hydroxylation is 1. The number of benzene rings is 2. The minimum atomic E-state index is -0.303. The third-order valence-corrected chi connectivity index (χ3v) is 5.43. The second-order valence-electron chi connectivity index (χ2n) is 7.79. The first-order valence-electron chi connectivity index (χ1n) is 10.3. The maximum Gasteiger partial charge on any atom is 0.312 e. The third kappa shape index (κ3) is 4.27. The Labute approximate surface area is 176 Å². The lowest BCUT2D eigenvalue weighted by atomic mass is 10.1. The Morgan fingerprint density at radius 1 is 1.10 bits per heavy atom. The number of rotatable bonds is 7. The van der Waals surface area contributed by atoms with E-state index < -0.39 is 0 Å². The molecule has 1 saturated carbocycles. The zero-order valence-corrected chi connectivity index (χ0v) is 17.3. The fraction of sp³-hybridized carbons (Fsp3) is 0.292. The van der Waals surface area contributed by atoms with Gasteiger partial charge in [-0.15, -0.1) is 0 Å². The van der Waals surface area contributed by atoms with Crippen molar-refractivity contribution in [1.29, 1.82) is 0 Å². The van der Waals surface area contributed by atoms with Crippen molar-refractivity contribution in [3.05, 3.63) is 93.5 Å². The van der Waals surface area contributed by atoms with E-state index in [1.807, 2.05) is 43.1 Å². The summed E-state index contributed by atoms with van der Waals surface area (Å²) in [5.74, 6) is 0.314. The average Bonchev–Trinajstić information content (AvgIpc) is 3.60. The molecule has 1 N–H and O–H groups in total. The highest BCUT2D eigenvalue weighted by Crippen LogP contribution is 2.40. The third-order valence-electron chi connectivity index (χ3n) is 5.43. The van der Waals surface area contributed by atoms with Crippen LogP contribution in [0.2, 0.25) is 0 Å². The second-order valence-corrected chi connectivity index (χ2v) is 7.79. The van der Waals surface area contributed by atoms with E-state index in [4.69, 9.17) is 0 Å². The number of anilines is 1. The van der Waals surface area contributed by atoms with E-state index in [-0.39, 0.29) is 17.4 Å². The van der Waals surface area contributed by atoms with Gasteiger partial charge in [0.15, 0.2) is 5.82 Å². The molecule has 0 bridgehead atoms. The minimum absolute atomic E-state index is 0.268. The van der Waals surface area contributed by atoms with E-state index >= 15 is 0 Å². The van der Waals surface area contributed by atoms with Gasteiger partial charge in [-0.3, -0.25) is 15.0 Å². The molecule has 1 heterocycles. The van der Waals surface area contributed by atoms with Gasteiger partial charge >= 0.3 is 5.56 Å². The first kappa shape index (κ1) is 19.9. The van der Waals surface area contributed by atoms with E-state index in [0.717, 1.165) is 30.7 Å². The van der Waals surface area contributed by atoms with Crippen molar-refractivity contribution in [1.82, 2.24) is 9.66 Å². The van der Waals surface area contributed by atoms with E-state index in [1.165, 1.54) is 10.2 Å². The highest BCUT2D eigenvalue weighted by atomic mass is 16.2. The summed E-state index contributed by atoms with van der Waals surface area (Å²) < 4.78 is 1.42. The Hall–Kier alpha value is -3.41. The van der Waals surface area contributed by atoms with Crippen LogP contribution in [0.25, 0.3) is 0 Å². The van der Waals surface area contributed by atoms with Crippen LogP contribution < -0.4 is 15.9 Å². The van der Waals surface area contributed by atoms with Gasteiger partial charge < -0.3 is 4.90 Å². The molecular weight excluding hydrogens is 376 g/mol. The monoisotopic (exact) mass is 402 g/mol. The summed E-state index contributed by atoms with van der Waals surface area (Å²) >= 11 is 0. The van der Waals surface area contributed by atoms with Gasteiger partial charge in [-0.05, 0) is 43.9 Å². The van der Waals surface area contributed by atoms with Gasteiger partial charge in [0.2, 0.25) is 0 Å². The number of nitrogens with zero attached hydrogens (tertiary/aromatic N) is 3. The summed E-state index contributed by atoms with van der Waals surface area (Å²) in [5.41, 5.74) is 5.85. The van der Waals surface area contributed by atoms with Crippen LogP contribution in [0.1, 0.15) is 46.1 Å². The Morgan fingerprint density at radius 3 is 2.37 bits per heavy atom. The van der Waals surface area contributed by atoms with Gasteiger partial charge in [-0.1, -0.05) is 48.5 Å². The summed E-state index contributed by atoms with van der Waals surface area (Å²) in [6.45, 7) is 2.56. The number of carbonyl (C=O) groups excluding carboxylic acids is 1. The maximum absolute atomic E-state index is 13.3. The number of nitrogens with one attached hydrogen (secondary N) is 1. The Morgan fingerprint density at radius 2 is 1.73 bits per heavy atom. The number of likely N-dealkylation sites (N-methyl/N-ethyl adjacent to an activating group) is 1. The lowest BCUT2D eigenvalue weighted by Crippen LogP contribution is -2.40. The van der Waals surface area contributed by atoms with Gasteiger partial charge in [-0.25, -0.2) is 9.66 Å². The molecule has 1 fully saturated rings. The largest absolute Gasteiger partial charge is 0.355 e. The molecule has 0 spiro atoms. The minimum Gasteiger partial charge on any atom is -0.355 e. The highest BCUT2D eigenvalue weighted by Gasteiger charge is 2.31. The van der Waals surface area contributed by atoms with Crippen LogP contribution in [0.5, 0.6) is 0 Å². The highest BCUT2D eigenvalue weighted by molar-refractivity contribution is 5.99. The molecule has 0 saturated heterocycles. The molecule has 6 nitrogen and oxygen atoms in total. The molecule has 1 amide bonds. The number of aromatic nitrogens is 2. The van der Waals surface area contributed by atoms with Gasteiger partial charge in [0.25, 0.3) is 5.91 Å². The number of amides is 1. The summed E-state index contributed by atoms with van der Waals surface area (Å²) in [6, 6.07) is 19.1. The quantitative estimate of drug-likeness (QED) is 0.657. The zero-order chi connectivity index (χ0) is 21.1. The molecule has 1 aromatic heterocycles. The number of hydrogen-bond acceptors (Lipinski definition) is 4. The van der Waals surface area contributed by atoms with Crippen LogP contribution in [0.3, 0.4) is 0 Å². The smallest absolute Gasteiger partial charge is 0.312 e. The molecule has 0 radical (unpaired) electrons. The molecule has 1 aliphatic rings. The molecule has 1 aliphatic carbocycles. The van der Waals surface area contributed by atoms with Crippen molar-refractivity contribution in [2.24, 2.45) is 0 Å². The van der Waals surface area contributed by atoms with E-state index in [1.54, 1.807) is 24.3 Å². The van der Waals surface area contributed by atoms with Crippen molar-refractivity contribution in [3.8, 4) is 0 Å². The van der Waals surface area contributed by atoms with Crippen LogP contribution in [0, 0.1) is 6.92 Å². The maximum atomic E-state index is 13.3. The molecule has 3 aromatic rings. The molecule has 0 unspecified atom stereocenters. The van der Waals surface area contributed by atoms with Crippen LogP contribution in [0.4, 0.5) is 5.82 Å². The Kier molecular flexibility index (Phi) is 5.65. The van der Waals surface area contributed by atoms with Gasteiger partial charge in [0, 0.05) is 25.1 Å². The summed E-state index contributed by atoms with van der Waals surface area (Å²) in [5, 5.41) is 0. The molecule has 30 heavy (non-hydrogen) atoms. The standard InChI is InChI=1S/C24H26N4O2/c1-17-21(19-13-14-19)28(26-23(29)20-11-7-4-8-12-20)24(30)22(25-17)27(2)16-15-18-9-5-3-6-10-18/h3-12,19H,13-16H2,1-2H3,(H,26,29). The average molecular weight is 402 g/mol. The van der Waals surface area contributed by atoms with E-state index in [0.29, 0.717) is 17.9 Å². The molecule has 4 rings (SSSR count). The van der Waals surface area contributed by atoms with Crippen molar-refractivity contribution < 1.29 is 4.79 Å². The van der Waals surface area contributed by atoms with Crippen LogP contribution in [-0.4, -0.2) is 29.2 Å². The van der Waals surface area contributed by atoms with Crippen molar-refractivity contribution in [2.45, 2.75) is 32.1 Å². The molecule has 0 atom stereocenters. The topological polar surface area (TPSA) is 67.2 Å². The first-order valence-corrected chi connectivity index (χ1v) is 10.3. The summed E-state index contributed by atoms with van der Waals surface area (Å²) in [6.07, 6.45) is 2.82. The molecular formula is C24H26N4O2. The Balaban J connectivity index is 1.64. The lowest BCUT2D eigenvalue weighted by molar-refractivity contribution is 0.101. The predicted octanol–water partition coefficient (Wildman–Crippen LogP) is 3.49. The molecule has 0 aliphatic heterocycles. The predicted molar refractivity (Wildman–Crippen MR) is 119 cm³/mol. The fourth-order valence-corrected chi connectivity index (χ4v) is 3.63. The zero-order valence-electron chi connectivity index (χ0n) is 17.3. The van der Waals surface area contributed by atoms with Crippen molar-refractivity contribution in [3.63, 3.8) is 0 Å².